The molecular weight excluding hydrogens is 416 g/mol. The molecule has 33 heavy (non-hydrogen) atoms. The van der Waals surface area contributed by atoms with Gasteiger partial charge in [-0.1, -0.05) is 6.07 Å². The molecule has 0 saturated carbocycles. The van der Waals surface area contributed by atoms with E-state index in [1.54, 1.807) is 36.7 Å². The van der Waals surface area contributed by atoms with Gasteiger partial charge in [0.2, 0.25) is 5.88 Å². The number of amides is 2. The third kappa shape index (κ3) is 5.35. The summed E-state index contributed by atoms with van der Waals surface area (Å²) in [6, 6.07) is 14.5. The largest absolute Gasteiger partial charge is 0.439 e. The minimum atomic E-state index is -0.310. The number of urea groups is 1. The number of rotatable bonds is 5. The van der Waals surface area contributed by atoms with E-state index in [4.69, 9.17) is 4.74 Å². The van der Waals surface area contributed by atoms with Crippen LogP contribution in [0.4, 0.5) is 16.2 Å². The number of hydrogen-bond donors (Lipinski definition) is 2. The first-order chi connectivity index (χ1) is 15.8. The lowest BCUT2D eigenvalue weighted by molar-refractivity contribution is 0.262. The maximum absolute atomic E-state index is 12.3. The Morgan fingerprint density at radius 3 is 2.15 bits per heavy atom. The molecule has 0 radical (unpaired) electrons. The van der Waals surface area contributed by atoms with E-state index in [-0.39, 0.29) is 6.03 Å². The molecule has 0 saturated heterocycles. The lowest BCUT2D eigenvalue weighted by Gasteiger charge is -2.11. The van der Waals surface area contributed by atoms with Crippen molar-refractivity contribution in [2.45, 2.75) is 34.6 Å². The standard InChI is InChI=1S/C25H26N6O2/c1-15-10-16(2)12-21(11-15)30-25(32)29-20-6-8-22(9-7-20)33-24-13-23(27-19(5)28-24)31-14-26-17(3)18(31)4/h6-14H,1-5H3,(H2,29,30,32). The van der Waals surface area contributed by atoms with E-state index in [1.807, 2.05) is 51.3 Å². The second kappa shape index (κ2) is 9.12. The van der Waals surface area contributed by atoms with Crippen LogP contribution in [0.1, 0.15) is 28.3 Å². The Labute approximate surface area is 192 Å². The number of aryl methyl sites for hydroxylation is 4. The van der Waals surface area contributed by atoms with E-state index in [9.17, 15) is 4.79 Å². The summed E-state index contributed by atoms with van der Waals surface area (Å²) < 4.78 is 7.84. The molecule has 2 aromatic heterocycles. The van der Waals surface area contributed by atoms with E-state index in [0.29, 0.717) is 29.0 Å². The molecule has 0 aliphatic heterocycles. The Morgan fingerprint density at radius 2 is 1.52 bits per heavy atom. The highest BCUT2D eigenvalue weighted by molar-refractivity contribution is 5.99. The highest BCUT2D eigenvalue weighted by atomic mass is 16.5. The number of hydrogen-bond acceptors (Lipinski definition) is 5. The van der Waals surface area contributed by atoms with Gasteiger partial charge in [-0.15, -0.1) is 0 Å². The maximum atomic E-state index is 12.3. The number of carbonyl (C=O) groups excluding carboxylic acids is 1. The molecule has 0 unspecified atom stereocenters. The van der Waals surface area contributed by atoms with Crippen molar-refractivity contribution in [2.75, 3.05) is 10.6 Å². The summed E-state index contributed by atoms with van der Waals surface area (Å²) in [6.45, 7) is 9.75. The summed E-state index contributed by atoms with van der Waals surface area (Å²) in [7, 11) is 0. The van der Waals surface area contributed by atoms with Crippen LogP contribution >= 0.6 is 0 Å². The van der Waals surface area contributed by atoms with Gasteiger partial charge in [0.1, 0.15) is 23.7 Å². The van der Waals surface area contributed by atoms with Gasteiger partial charge in [-0.2, -0.15) is 4.98 Å². The lowest BCUT2D eigenvalue weighted by atomic mass is 10.1. The van der Waals surface area contributed by atoms with Gasteiger partial charge in [0.25, 0.3) is 0 Å². The summed E-state index contributed by atoms with van der Waals surface area (Å²) in [5.41, 5.74) is 5.53. The Morgan fingerprint density at radius 1 is 0.848 bits per heavy atom. The van der Waals surface area contributed by atoms with Gasteiger partial charge in [0.05, 0.1) is 5.69 Å². The van der Waals surface area contributed by atoms with Crippen molar-refractivity contribution in [3.63, 3.8) is 0 Å². The Hall–Kier alpha value is -4.20. The zero-order valence-corrected chi connectivity index (χ0v) is 19.3. The number of anilines is 2. The van der Waals surface area contributed by atoms with Crippen LogP contribution in [0.25, 0.3) is 5.82 Å². The second-order valence-electron chi connectivity index (χ2n) is 7.98. The molecule has 4 rings (SSSR count). The molecular formula is C25H26N6O2. The molecule has 0 atom stereocenters. The first-order valence-electron chi connectivity index (χ1n) is 10.6. The van der Waals surface area contributed by atoms with Crippen molar-refractivity contribution in [3.05, 3.63) is 83.2 Å². The molecule has 0 aliphatic carbocycles. The van der Waals surface area contributed by atoms with Gasteiger partial charge in [0.15, 0.2) is 0 Å². The monoisotopic (exact) mass is 442 g/mol. The van der Waals surface area contributed by atoms with Gasteiger partial charge < -0.3 is 15.4 Å². The fourth-order valence-electron chi connectivity index (χ4n) is 3.50. The zero-order valence-electron chi connectivity index (χ0n) is 19.3. The predicted octanol–water partition coefficient (Wildman–Crippen LogP) is 5.64. The molecule has 2 N–H and O–H groups in total. The van der Waals surface area contributed by atoms with Crippen molar-refractivity contribution in [1.82, 2.24) is 19.5 Å². The van der Waals surface area contributed by atoms with E-state index >= 15 is 0 Å². The summed E-state index contributed by atoms with van der Waals surface area (Å²) in [4.78, 5) is 25.5. The van der Waals surface area contributed by atoms with Crippen molar-refractivity contribution < 1.29 is 9.53 Å². The van der Waals surface area contributed by atoms with E-state index < -0.39 is 0 Å². The van der Waals surface area contributed by atoms with Crippen LogP contribution in [-0.4, -0.2) is 25.6 Å². The minimum absolute atomic E-state index is 0.310. The van der Waals surface area contributed by atoms with Crippen molar-refractivity contribution in [3.8, 4) is 17.4 Å². The molecule has 0 bridgehead atoms. The number of nitrogens with one attached hydrogen (secondary N) is 2. The molecule has 2 heterocycles. The average molecular weight is 443 g/mol. The second-order valence-corrected chi connectivity index (χ2v) is 7.98. The number of aromatic nitrogens is 4. The number of nitrogens with zero attached hydrogens (tertiary/aromatic N) is 4. The Kier molecular flexibility index (Phi) is 6.08. The van der Waals surface area contributed by atoms with Crippen LogP contribution in [0, 0.1) is 34.6 Å². The summed E-state index contributed by atoms with van der Waals surface area (Å²) >= 11 is 0. The molecule has 8 heteroatoms. The van der Waals surface area contributed by atoms with Gasteiger partial charge in [0, 0.05) is 23.1 Å². The van der Waals surface area contributed by atoms with Crippen LogP contribution < -0.4 is 15.4 Å². The lowest BCUT2D eigenvalue weighted by Crippen LogP contribution is -2.19. The fraction of sp³-hybridized carbons (Fsp3) is 0.200. The first kappa shape index (κ1) is 22.0. The maximum Gasteiger partial charge on any atom is 0.323 e. The minimum Gasteiger partial charge on any atom is -0.439 e. The molecule has 8 nitrogen and oxygen atoms in total. The zero-order chi connectivity index (χ0) is 23.5. The van der Waals surface area contributed by atoms with Crippen LogP contribution in [0.15, 0.2) is 54.9 Å². The molecule has 0 spiro atoms. The van der Waals surface area contributed by atoms with Gasteiger partial charge in [-0.25, -0.2) is 14.8 Å². The first-order valence-corrected chi connectivity index (χ1v) is 10.6. The van der Waals surface area contributed by atoms with E-state index in [1.165, 1.54) is 0 Å². The average Bonchev–Trinajstić information content (AvgIpc) is 3.07. The molecule has 168 valence electrons. The number of imidazole rings is 1. The van der Waals surface area contributed by atoms with Crippen LogP contribution in [0.2, 0.25) is 0 Å². The highest BCUT2D eigenvalue weighted by Gasteiger charge is 2.10. The number of benzene rings is 2. The topological polar surface area (TPSA) is 94.0 Å². The number of ether oxygens (including phenoxy) is 1. The number of carbonyl (C=O) groups is 1. The van der Waals surface area contributed by atoms with Crippen molar-refractivity contribution >= 4 is 17.4 Å². The summed E-state index contributed by atoms with van der Waals surface area (Å²) in [6.07, 6.45) is 1.74. The van der Waals surface area contributed by atoms with Gasteiger partial charge in [-0.05, 0) is 82.1 Å². The molecule has 2 amide bonds. The third-order valence-electron chi connectivity index (χ3n) is 5.11. The predicted molar refractivity (Wildman–Crippen MR) is 128 cm³/mol. The third-order valence-corrected chi connectivity index (χ3v) is 5.11. The molecule has 0 aliphatic rings. The van der Waals surface area contributed by atoms with E-state index in [2.05, 4.69) is 31.7 Å². The van der Waals surface area contributed by atoms with Crippen molar-refractivity contribution in [1.29, 1.82) is 0 Å². The normalized spacial score (nSPS) is 10.7. The van der Waals surface area contributed by atoms with Gasteiger partial charge >= 0.3 is 6.03 Å². The fourth-order valence-corrected chi connectivity index (χ4v) is 3.50. The summed E-state index contributed by atoms with van der Waals surface area (Å²) in [5, 5.41) is 5.68. The quantitative estimate of drug-likeness (QED) is 0.417. The van der Waals surface area contributed by atoms with E-state index in [0.717, 1.165) is 28.2 Å². The SMILES string of the molecule is Cc1cc(C)cc(NC(=O)Nc2ccc(Oc3cc(-n4cnc(C)c4C)nc(C)n3)cc2)c1. The Balaban J connectivity index is 1.43. The molecule has 0 fully saturated rings. The van der Waals surface area contributed by atoms with Crippen molar-refractivity contribution in [2.24, 2.45) is 0 Å². The van der Waals surface area contributed by atoms with Crippen LogP contribution in [0.5, 0.6) is 11.6 Å². The highest BCUT2D eigenvalue weighted by Crippen LogP contribution is 2.24. The van der Waals surface area contributed by atoms with Crippen LogP contribution in [0.3, 0.4) is 0 Å². The molecule has 4 aromatic rings. The van der Waals surface area contributed by atoms with Crippen LogP contribution in [-0.2, 0) is 0 Å². The summed E-state index contributed by atoms with van der Waals surface area (Å²) in [5.74, 6) is 2.31. The molecule has 2 aromatic carbocycles. The smallest absolute Gasteiger partial charge is 0.323 e. The Bertz CT molecular complexity index is 1290. The van der Waals surface area contributed by atoms with Gasteiger partial charge in [-0.3, -0.25) is 4.57 Å².